The molecule has 0 aliphatic rings. The van der Waals surface area contributed by atoms with Crippen LogP contribution in [0.1, 0.15) is 11.4 Å². The minimum Gasteiger partial charge on any atom is -0.855 e. The van der Waals surface area contributed by atoms with Gasteiger partial charge in [-0.1, -0.05) is 0 Å². The quantitative estimate of drug-likeness (QED) is 0.619. The van der Waals surface area contributed by atoms with Crippen molar-refractivity contribution in [2.45, 2.75) is 13.8 Å². The molecule has 14 heavy (non-hydrogen) atoms. The third-order valence-corrected chi connectivity index (χ3v) is 1.78. The van der Waals surface area contributed by atoms with Crippen molar-refractivity contribution in [3.8, 4) is 11.7 Å². The Morgan fingerprint density at radius 2 is 2.14 bits per heavy atom. The Morgan fingerprint density at radius 1 is 1.36 bits per heavy atom. The maximum atomic E-state index is 11.3. The maximum Gasteiger partial charge on any atom is 0.168 e. The smallest absolute Gasteiger partial charge is 0.168 e. The highest BCUT2D eigenvalue weighted by molar-refractivity contribution is 5.31. The van der Waals surface area contributed by atoms with Crippen LogP contribution in [0.25, 0.3) is 5.82 Å². The second-order valence-corrected chi connectivity index (χ2v) is 2.93. The molecule has 0 saturated carbocycles. The Balaban J connectivity index is 2.60. The van der Waals surface area contributed by atoms with E-state index in [1.807, 2.05) is 19.9 Å². The minimum absolute atomic E-state index is 0.186. The average Bonchev–Trinajstić information content (AvgIpc) is 2.46. The molecular weight excluding hydrogens is 182 g/mol. The fourth-order valence-corrected chi connectivity index (χ4v) is 1.25. The van der Waals surface area contributed by atoms with Gasteiger partial charge in [-0.05, 0) is 19.9 Å². The van der Waals surface area contributed by atoms with Crippen molar-refractivity contribution >= 4 is 0 Å². The molecule has 0 radical (unpaired) electrons. The first kappa shape index (κ1) is 8.61. The molecule has 0 bridgehead atoms. The maximum absolute atomic E-state index is 11.3. The molecule has 6 heteroatoms. The zero-order chi connectivity index (χ0) is 10.1. The summed E-state index contributed by atoms with van der Waals surface area (Å²) in [5.74, 6) is -0.288. The third kappa shape index (κ3) is 1.30. The van der Waals surface area contributed by atoms with Crippen LogP contribution in [0.4, 0.5) is 0 Å². The van der Waals surface area contributed by atoms with Gasteiger partial charge in [0.05, 0.1) is 11.6 Å². The lowest BCUT2D eigenvalue weighted by atomic mass is 10.4. The van der Waals surface area contributed by atoms with Crippen molar-refractivity contribution in [3.05, 3.63) is 23.8 Å². The van der Waals surface area contributed by atoms with E-state index in [-0.39, 0.29) is 5.82 Å². The Bertz CT molecular complexity index is 465. The van der Waals surface area contributed by atoms with Crippen LogP contribution in [0.15, 0.2) is 12.4 Å². The van der Waals surface area contributed by atoms with Crippen LogP contribution < -0.4 is 5.11 Å². The highest BCUT2D eigenvalue weighted by Gasteiger charge is 2.05. The van der Waals surface area contributed by atoms with Crippen LogP contribution in [0.2, 0.25) is 0 Å². The summed E-state index contributed by atoms with van der Waals surface area (Å²) in [5.41, 5.74) is 1.68. The van der Waals surface area contributed by atoms with Gasteiger partial charge in [-0.25, -0.2) is 9.67 Å². The minimum atomic E-state index is -0.473. The topological polar surface area (TPSA) is 79.5 Å². The van der Waals surface area contributed by atoms with E-state index in [9.17, 15) is 5.11 Å². The molecule has 2 aromatic heterocycles. The fourth-order valence-electron chi connectivity index (χ4n) is 1.25. The highest BCUT2D eigenvalue weighted by atomic mass is 16.3. The lowest BCUT2D eigenvalue weighted by molar-refractivity contribution is -0.276. The molecular formula is C8H8N5O-. The molecule has 0 aliphatic carbocycles. The molecule has 2 heterocycles. The van der Waals surface area contributed by atoms with Crippen molar-refractivity contribution in [2.75, 3.05) is 0 Å². The predicted molar refractivity (Wildman–Crippen MR) is 45.9 cm³/mol. The Labute approximate surface area is 80.2 Å². The van der Waals surface area contributed by atoms with Crippen molar-refractivity contribution < 1.29 is 5.11 Å². The van der Waals surface area contributed by atoms with Crippen LogP contribution in [-0.2, 0) is 0 Å². The largest absolute Gasteiger partial charge is 0.855 e. The highest BCUT2D eigenvalue weighted by Crippen LogP contribution is 2.13. The van der Waals surface area contributed by atoms with Crippen LogP contribution in [0.5, 0.6) is 5.88 Å². The molecule has 72 valence electrons. The van der Waals surface area contributed by atoms with Gasteiger partial charge in [-0.15, -0.1) is 5.10 Å². The monoisotopic (exact) mass is 190 g/mol. The van der Waals surface area contributed by atoms with E-state index in [4.69, 9.17) is 0 Å². The molecule has 6 nitrogen and oxygen atoms in total. The number of hydrogen-bond acceptors (Lipinski definition) is 5. The summed E-state index contributed by atoms with van der Waals surface area (Å²) in [6.07, 6.45) is 1.23. The lowest BCUT2D eigenvalue weighted by Gasteiger charge is -2.09. The first-order valence-electron chi connectivity index (χ1n) is 4.07. The van der Waals surface area contributed by atoms with E-state index >= 15 is 0 Å². The summed E-state index contributed by atoms with van der Waals surface area (Å²) in [5, 5.41) is 22.2. The van der Waals surface area contributed by atoms with Gasteiger partial charge in [0, 0.05) is 5.69 Å². The molecule has 2 aromatic rings. The van der Waals surface area contributed by atoms with E-state index in [0.29, 0.717) is 0 Å². The summed E-state index contributed by atoms with van der Waals surface area (Å²) in [6.45, 7) is 3.70. The van der Waals surface area contributed by atoms with Crippen LogP contribution in [0, 0.1) is 13.8 Å². The zero-order valence-electron chi connectivity index (χ0n) is 7.80. The summed E-state index contributed by atoms with van der Waals surface area (Å²) in [7, 11) is 0. The average molecular weight is 190 g/mol. The third-order valence-electron chi connectivity index (χ3n) is 1.78. The van der Waals surface area contributed by atoms with Gasteiger partial charge in [0.15, 0.2) is 5.82 Å². The summed E-state index contributed by atoms with van der Waals surface area (Å²) in [6, 6.07) is 1.86. The van der Waals surface area contributed by atoms with E-state index in [0.717, 1.165) is 11.4 Å². The van der Waals surface area contributed by atoms with Gasteiger partial charge in [0.25, 0.3) is 0 Å². The van der Waals surface area contributed by atoms with Crippen LogP contribution >= 0.6 is 0 Å². The molecule has 0 unspecified atom stereocenters. The van der Waals surface area contributed by atoms with Gasteiger partial charge in [-0.3, -0.25) is 0 Å². The fraction of sp³-hybridized carbons (Fsp3) is 0.250. The Hall–Kier alpha value is -1.98. The molecule has 0 amide bonds. The molecule has 0 spiro atoms. The number of aromatic nitrogens is 5. The van der Waals surface area contributed by atoms with Crippen LogP contribution in [-0.4, -0.2) is 25.0 Å². The second-order valence-electron chi connectivity index (χ2n) is 2.93. The summed E-state index contributed by atoms with van der Waals surface area (Å²) >= 11 is 0. The van der Waals surface area contributed by atoms with Gasteiger partial charge >= 0.3 is 0 Å². The van der Waals surface area contributed by atoms with Gasteiger partial charge in [0.2, 0.25) is 0 Å². The summed E-state index contributed by atoms with van der Waals surface area (Å²) < 4.78 is 1.46. The van der Waals surface area contributed by atoms with E-state index < -0.39 is 5.88 Å². The molecule has 0 N–H and O–H groups in total. The normalized spacial score (nSPS) is 10.4. The second kappa shape index (κ2) is 3.06. The van der Waals surface area contributed by atoms with Gasteiger partial charge in [-0.2, -0.15) is 10.2 Å². The van der Waals surface area contributed by atoms with Gasteiger partial charge in [0.1, 0.15) is 6.33 Å². The van der Waals surface area contributed by atoms with Crippen molar-refractivity contribution in [1.29, 1.82) is 0 Å². The lowest BCUT2D eigenvalue weighted by Crippen LogP contribution is -2.09. The SMILES string of the molecule is Cc1cc(C)n(-c2ncnnc2[O-])n1. The number of rotatable bonds is 1. The Morgan fingerprint density at radius 3 is 2.71 bits per heavy atom. The zero-order valence-corrected chi connectivity index (χ0v) is 7.80. The Kier molecular flexibility index (Phi) is 1.88. The van der Waals surface area contributed by atoms with Gasteiger partial charge < -0.3 is 5.11 Å². The molecule has 2 rings (SSSR count). The number of nitrogens with zero attached hydrogens (tertiary/aromatic N) is 5. The first-order valence-corrected chi connectivity index (χ1v) is 4.07. The molecule has 0 saturated heterocycles. The molecule has 0 aliphatic heterocycles. The number of aryl methyl sites for hydroxylation is 2. The molecule has 0 atom stereocenters. The molecule has 0 aromatic carbocycles. The molecule has 0 fully saturated rings. The summed E-state index contributed by atoms with van der Waals surface area (Å²) in [4.78, 5) is 3.84. The standard InChI is InChI=1S/C8H9N5O/c1-5-3-6(2)13(12-5)7-8(14)11-10-4-9-7/h3-4H,1-2H3,(H,11,14)/p-1. The van der Waals surface area contributed by atoms with E-state index in [1.165, 1.54) is 11.0 Å². The van der Waals surface area contributed by atoms with Crippen LogP contribution in [0.3, 0.4) is 0 Å². The predicted octanol–water partition coefficient (Wildman–Crippen LogP) is -0.252. The van der Waals surface area contributed by atoms with Crippen molar-refractivity contribution in [1.82, 2.24) is 25.0 Å². The number of hydrogen-bond donors (Lipinski definition) is 0. The van der Waals surface area contributed by atoms with Crippen molar-refractivity contribution in [2.24, 2.45) is 0 Å². The van der Waals surface area contributed by atoms with Crippen molar-refractivity contribution in [3.63, 3.8) is 0 Å². The van der Waals surface area contributed by atoms with E-state index in [1.54, 1.807) is 0 Å². The first-order chi connectivity index (χ1) is 6.68. The van der Waals surface area contributed by atoms with E-state index in [2.05, 4.69) is 20.3 Å².